The van der Waals surface area contributed by atoms with Crippen molar-refractivity contribution in [3.63, 3.8) is 0 Å². The number of nitro benzene ring substituents is 1. The van der Waals surface area contributed by atoms with E-state index in [9.17, 15) is 20.0 Å². The van der Waals surface area contributed by atoms with Gasteiger partial charge in [0.25, 0.3) is 0 Å². The third-order valence-corrected chi connectivity index (χ3v) is 2.61. The number of para-hydroxylation sites is 1. The molecule has 1 aromatic carbocycles. The van der Waals surface area contributed by atoms with Crippen LogP contribution in [0.1, 0.15) is 36.0 Å². The van der Waals surface area contributed by atoms with Crippen molar-refractivity contribution in [3.05, 3.63) is 33.9 Å². The summed E-state index contributed by atoms with van der Waals surface area (Å²) in [5, 5.41) is 20.2. The summed E-state index contributed by atoms with van der Waals surface area (Å²) in [6, 6.07) is 3.99. The third kappa shape index (κ3) is 3.53. The summed E-state index contributed by atoms with van der Waals surface area (Å²) in [5.74, 6) is -0.803. The van der Waals surface area contributed by atoms with E-state index in [1.165, 1.54) is 18.2 Å². The summed E-state index contributed by atoms with van der Waals surface area (Å²) in [6.45, 7) is 0.570. The minimum Gasteiger partial charge on any atom is -0.502 e. The molecule has 0 aromatic heterocycles. The van der Waals surface area contributed by atoms with E-state index in [1.807, 2.05) is 0 Å². The Kier molecular flexibility index (Phi) is 5.26. The fraction of sp³-hybridized carbons (Fsp3) is 0.417. The average molecular weight is 252 g/mol. The number of benzene rings is 1. The first-order chi connectivity index (χ1) is 8.57. The van der Waals surface area contributed by atoms with Gasteiger partial charge >= 0.3 is 5.69 Å². The van der Waals surface area contributed by atoms with Crippen molar-refractivity contribution in [1.82, 2.24) is 0 Å². The highest BCUT2D eigenvalue weighted by molar-refractivity contribution is 6.00. The molecule has 98 valence electrons. The second kappa shape index (κ2) is 6.70. The lowest BCUT2D eigenvalue weighted by Gasteiger charge is -2.03. The average Bonchev–Trinajstić information content (AvgIpc) is 2.33. The van der Waals surface area contributed by atoms with Crippen molar-refractivity contribution in [2.75, 3.05) is 6.54 Å². The number of phenols is 1. The molecule has 0 bridgehead atoms. The Bertz CT molecular complexity index is 446. The maximum absolute atomic E-state index is 11.8. The minimum atomic E-state index is -0.734. The summed E-state index contributed by atoms with van der Waals surface area (Å²) in [7, 11) is 0. The molecule has 0 saturated carbocycles. The molecule has 0 unspecified atom stereocenters. The standard InChI is InChI=1S/C12H16N2O4/c13-8-3-1-2-6-10(15)9-5-4-7-11(16)12(9)14(17)18/h4-5,7,16H,1-3,6,8,13H2. The van der Waals surface area contributed by atoms with Crippen LogP contribution in [0, 0.1) is 10.1 Å². The molecule has 0 saturated heterocycles. The van der Waals surface area contributed by atoms with Crippen LogP contribution < -0.4 is 5.73 Å². The maximum atomic E-state index is 11.8. The van der Waals surface area contributed by atoms with Crippen LogP contribution in [-0.2, 0) is 0 Å². The molecule has 0 heterocycles. The van der Waals surface area contributed by atoms with Crippen molar-refractivity contribution in [1.29, 1.82) is 0 Å². The highest BCUT2D eigenvalue weighted by Gasteiger charge is 2.23. The molecule has 0 spiro atoms. The first-order valence-electron chi connectivity index (χ1n) is 5.77. The van der Waals surface area contributed by atoms with Gasteiger partial charge in [0, 0.05) is 6.42 Å². The molecule has 3 N–H and O–H groups in total. The number of rotatable bonds is 7. The van der Waals surface area contributed by atoms with E-state index in [1.54, 1.807) is 0 Å². The first kappa shape index (κ1) is 14.1. The van der Waals surface area contributed by atoms with E-state index in [2.05, 4.69) is 0 Å². The number of hydrogen-bond donors (Lipinski definition) is 2. The summed E-state index contributed by atoms with van der Waals surface area (Å²) >= 11 is 0. The molecule has 1 rings (SSSR count). The Labute approximate surface area is 105 Å². The zero-order valence-corrected chi connectivity index (χ0v) is 9.96. The maximum Gasteiger partial charge on any atom is 0.321 e. The zero-order chi connectivity index (χ0) is 13.5. The topological polar surface area (TPSA) is 106 Å². The summed E-state index contributed by atoms with van der Waals surface area (Å²) in [4.78, 5) is 21.9. The molecule has 18 heavy (non-hydrogen) atoms. The smallest absolute Gasteiger partial charge is 0.321 e. The fourth-order valence-corrected chi connectivity index (χ4v) is 1.69. The molecule has 0 aliphatic heterocycles. The second-order valence-electron chi connectivity index (χ2n) is 3.95. The summed E-state index contributed by atoms with van der Waals surface area (Å²) in [5.41, 5.74) is 4.79. The lowest BCUT2D eigenvalue weighted by Crippen LogP contribution is -2.05. The number of Topliss-reactive ketones (excluding diaryl/α,β-unsaturated/α-hetero) is 1. The van der Waals surface area contributed by atoms with Gasteiger partial charge in [-0.1, -0.05) is 12.5 Å². The van der Waals surface area contributed by atoms with Gasteiger partial charge in [-0.25, -0.2) is 0 Å². The molecular formula is C12H16N2O4. The van der Waals surface area contributed by atoms with Crippen LogP contribution in [-0.4, -0.2) is 22.4 Å². The van der Waals surface area contributed by atoms with Gasteiger partial charge in [0.2, 0.25) is 0 Å². The number of hydrogen-bond acceptors (Lipinski definition) is 5. The number of nitrogens with two attached hydrogens (primary N) is 1. The predicted octanol–water partition coefficient (Wildman–Crippen LogP) is 2.00. The molecule has 6 heteroatoms. The van der Waals surface area contributed by atoms with Crippen molar-refractivity contribution < 1.29 is 14.8 Å². The minimum absolute atomic E-state index is 0.0345. The van der Waals surface area contributed by atoms with Gasteiger partial charge in [0.05, 0.1) is 10.5 Å². The van der Waals surface area contributed by atoms with Crippen LogP contribution in [0.5, 0.6) is 5.75 Å². The van der Waals surface area contributed by atoms with Crippen molar-refractivity contribution in [2.24, 2.45) is 5.73 Å². The van der Waals surface area contributed by atoms with Crippen molar-refractivity contribution in [2.45, 2.75) is 25.7 Å². The largest absolute Gasteiger partial charge is 0.502 e. The summed E-state index contributed by atoms with van der Waals surface area (Å²) < 4.78 is 0. The van der Waals surface area contributed by atoms with E-state index in [-0.39, 0.29) is 17.8 Å². The highest BCUT2D eigenvalue weighted by atomic mass is 16.6. The molecule has 0 amide bonds. The Morgan fingerprint density at radius 3 is 2.67 bits per heavy atom. The van der Waals surface area contributed by atoms with Gasteiger partial charge in [-0.05, 0) is 31.5 Å². The van der Waals surface area contributed by atoms with Gasteiger partial charge in [0.1, 0.15) is 0 Å². The van der Waals surface area contributed by atoms with Gasteiger partial charge < -0.3 is 10.8 Å². The lowest BCUT2D eigenvalue weighted by molar-refractivity contribution is -0.386. The number of carbonyl (C=O) groups excluding carboxylic acids is 1. The Balaban J connectivity index is 2.79. The Hall–Kier alpha value is -1.95. The van der Waals surface area contributed by atoms with Gasteiger partial charge in [-0.15, -0.1) is 0 Å². The van der Waals surface area contributed by atoms with Gasteiger partial charge in [-0.2, -0.15) is 0 Å². The zero-order valence-electron chi connectivity index (χ0n) is 9.96. The molecule has 0 atom stereocenters. The number of nitro groups is 1. The second-order valence-corrected chi connectivity index (χ2v) is 3.95. The first-order valence-corrected chi connectivity index (χ1v) is 5.77. The van der Waals surface area contributed by atoms with Crippen LogP contribution in [0.25, 0.3) is 0 Å². The molecule has 1 aromatic rings. The van der Waals surface area contributed by atoms with Crippen LogP contribution in [0.15, 0.2) is 18.2 Å². The van der Waals surface area contributed by atoms with Gasteiger partial charge in [0.15, 0.2) is 11.5 Å². The number of phenolic OH excluding ortho intramolecular Hbond substituents is 1. The third-order valence-electron chi connectivity index (χ3n) is 2.61. The van der Waals surface area contributed by atoms with Crippen LogP contribution in [0.2, 0.25) is 0 Å². The number of nitrogens with zero attached hydrogens (tertiary/aromatic N) is 1. The number of aromatic hydroxyl groups is 1. The van der Waals surface area contributed by atoms with E-state index >= 15 is 0 Å². The highest BCUT2D eigenvalue weighted by Crippen LogP contribution is 2.30. The number of carbonyl (C=O) groups is 1. The normalized spacial score (nSPS) is 10.3. The number of unbranched alkanes of at least 4 members (excludes halogenated alkanes) is 2. The van der Waals surface area contributed by atoms with Crippen molar-refractivity contribution in [3.8, 4) is 5.75 Å². The van der Waals surface area contributed by atoms with Crippen LogP contribution in [0.3, 0.4) is 0 Å². The van der Waals surface area contributed by atoms with Crippen LogP contribution in [0.4, 0.5) is 5.69 Å². The molecule has 0 radical (unpaired) electrons. The van der Waals surface area contributed by atoms with Gasteiger partial charge in [-0.3, -0.25) is 14.9 Å². The van der Waals surface area contributed by atoms with E-state index in [4.69, 9.17) is 5.73 Å². The molecular weight excluding hydrogens is 236 g/mol. The van der Waals surface area contributed by atoms with E-state index in [0.717, 1.165) is 12.8 Å². The van der Waals surface area contributed by atoms with E-state index in [0.29, 0.717) is 13.0 Å². The summed E-state index contributed by atoms with van der Waals surface area (Å²) in [6.07, 6.45) is 2.51. The molecule has 0 fully saturated rings. The monoisotopic (exact) mass is 252 g/mol. The quantitative estimate of drug-likeness (QED) is 0.334. The molecule has 6 nitrogen and oxygen atoms in total. The lowest BCUT2D eigenvalue weighted by atomic mass is 10.0. The Morgan fingerprint density at radius 2 is 2.06 bits per heavy atom. The fourth-order valence-electron chi connectivity index (χ4n) is 1.69. The number of ketones is 1. The Morgan fingerprint density at radius 1 is 1.33 bits per heavy atom. The molecule has 0 aliphatic carbocycles. The molecule has 0 aliphatic rings. The SMILES string of the molecule is NCCCCCC(=O)c1cccc(O)c1[N+](=O)[O-]. The van der Waals surface area contributed by atoms with Crippen LogP contribution >= 0.6 is 0 Å². The van der Waals surface area contributed by atoms with Crippen molar-refractivity contribution >= 4 is 11.5 Å². The predicted molar refractivity (Wildman–Crippen MR) is 66.6 cm³/mol. The van der Waals surface area contributed by atoms with E-state index < -0.39 is 16.4 Å².